The second-order valence-corrected chi connectivity index (χ2v) is 4.13. The van der Waals surface area contributed by atoms with E-state index < -0.39 is 12.0 Å². The van der Waals surface area contributed by atoms with E-state index in [4.69, 9.17) is 9.47 Å². The van der Waals surface area contributed by atoms with Gasteiger partial charge in [0, 0.05) is 6.07 Å². The lowest BCUT2D eigenvalue weighted by atomic mass is 10.1. The van der Waals surface area contributed by atoms with Crippen molar-refractivity contribution in [3.05, 3.63) is 18.2 Å². The van der Waals surface area contributed by atoms with Crippen molar-refractivity contribution in [2.24, 2.45) is 0 Å². The summed E-state index contributed by atoms with van der Waals surface area (Å²) in [6.45, 7) is 3.39. The summed E-state index contributed by atoms with van der Waals surface area (Å²) in [6, 6.07) is 3.64. The van der Waals surface area contributed by atoms with Gasteiger partial charge in [-0.25, -0.2) is 4.79 Å². The summed E-state index contributed by atoms with van der Waals surface area (Å²) in [5.41, 5.74) is 0.372. The van der Waals surface area contributed by atoms with Crippen molar-refractivity contribution in [3.8, 4) is 11.5 Å². The monoisotopic (exact) mass is 265 g/mol. The van der Waals surface area contributed by atoms with Gasteiger partial charge < -0.3 is 14.6 Å². The topological polar surface area (TPSA) is 76.1 Å². The highest BCUT2D eigenvalue weighted by Gasteiger charge is 2.34. The minimum Gasteiger partial charge on any atom is -0.508 e. The molecule has 1 aliphatic heterocycles. The lowest BCUT2D eigenvalue weighted by Gasteiger charge is -2.32. The highest BCUT2D eigenvalue weighted by molar-refractivity contribution is 6.02. The fraction of sp³-hybridized carbons (Fsp3) is 0.385. The van der Waals surface area contributed by atoms with Gasteiger partial charge in [0.15, 0.2) is 6.61 Å². The third kappa shape index (κ3) is 2.47. The van der Waals surface area contributed by atoms with Crippen molar-refractivity contribution in [1.29, 1.82) is 0 Å². The van der Waals surface area contributed by atoms with Crippen molar-refractivity contribution in [1.82, 2.24) is 0 Å². The quantitative estimate of drug-likeness (QED) is 0.827. The lowest BCUT2D eigenvalue weighted by molar-refractivity contribution is -0.145. The van der Waals surface area contributed by atoms with E-state index in [2.05, 4.69) is 0 Å². The molecule has 1 amide bonds. The summed E-state index contributed by atoms with van der Waals surface area (Å²) >= 11 is 0. The van der Waals surface area contributed by atoms with Crippen LogP contribution in [-0.4, -0.2) is 36.2 Å². The van der Waals surface area contributed by atoms with Gasteiger partial charge in [-0.3, -0.25) is 9.69 Å². The molecule has 0 saturated carbocycles. The van der Waals surface area contributed by atoms with E-state index in [0.29, 0.717) is 11.4 Å². The number of fused-ring (bicyclic) bond motifs is 1. The summed E-state index contributed by atoms with van der Waals surface area (Å²) in [5, 5.41) is 9.51. The molecule has 0 radical (unpaired) electrons. The van der Waals surface area contributed by atoms with Crippen LogP contribution in [0.5, 0.6) is 11.5 Å². The molecule has 0 saturated heterocycles. The van der Waals surface area contributed by atoms with E-state index in [1.54, 1.807) is 19.9 Å². The van der Waals surface area contributed by atoms with Crippen LogP contribution in [0.4, 0.5) is 5.69 Å². The standard InChI is InChI=1S/C13H15NO5/c1-3-18-13(17)8(2)14-10-6-9(15)4-5-11(10)19-7-12(14)16/h4-6,8,15H,3,7H2,1-2H3/t8-/m1/s1. The van der Waals surface area contributed by atoms with Crippen LogP contribution in [0.25, 0.3) is 0 Å². The fourth-order valence-corrected chi connectivity index (χ4v) is 1.95. The Morgan fingerprint density at radius 1 is 1.58 bits per heavy atom. The molecule has 19 heavy (non-hydrogen) atoms. The van der Waals surface area contributed by atoms with Crippen LogP contribution in [0.3, 0.4) is 0 Å². The Morgan fingerprint density at radius 2 is 2.32 bits per heavy atom. The summed E-state index contributed by atoms with van der Waals surface area (Å²) < 4.78 is 10.2. The van der Waals surface area contributed by atoms with Gasteiger partial charge in [0.2, 0.25) is 0 Å². The molecule has 102 valence electrons. The molecule has 0 aromatic heterocycles. The second kappa shape index (κ2) is 5.17. The number of phenolic OH excluding ortho intramolecular Hbond substituents is 1. The number of hydrogen-bond acceptors (Lipinski definition) is 5. The number of benzene rings is 1. The highest BCUT2D eigenvalue weighted by Crippen LogP contribution is 2.36. The Kier molecular flexibility index (Phi) is 3.59. The minimum atomic E-state index is -0.767. The first kappa shape index (κ1) is 13.2. The van der Waals surface area contributed by atoms with Gasteiger partial charge in [-0.15, -0.1) is 0 Å². The molecule has 0 fully saturated rings. The highest BCUT2D eigenvalue weighted by atomic mass is 16.5. The van der Waals surface area contributed by atoms with E-state index in [-0.39, 0.29) is 24.9 Å². The Morgan fingerprint density at radius 3 is 3.00 bits per heavy atom. The number of esters is 1. The van der Waals surface area contributed by atoms with E-state index in [0.717, 1.165) is 0 Å². The normalized spacial score (nSPS) is 15.5. The third-order valence-corrected chi connectivity index (χ3v) is 2.84. The first-order valence-electron chi connectivity index (χ1n) is 5.99. The largest absolute Gasteiger partial charge is 0.508 e. The van der Waals surface area contributed by atoms with Gasteiger partial charge in [-0.05, 0) is 26.0 Å². The average Bonchev–Trinajstić information content (AvgIpc) is 2.38. The SMILES string of the molecule is CCOC(=O)[C@@H](C)N1C(=O)COc2ccc(O)cc21. The van der Waals surface area contributed by atoms with Crippen molar-refractivity contribution >= 4 is 17.6 Å². The molecule has 1 aromatic carbocycles. The van der Waals surface area contributed by atoms with Crippen molar-refractivity contribution in [2.75, 3.05) is 18.1 Å². The smallest absolute Gasteiger partial charge is 0.328 e. The molecule has 6 nitrogen and oxygen atoms in total. The number of carbonyl (C=O) groups is 2. The molecule has 2 rings (SSSR count). The number of nitrogens with zero attached hydrogens (tertiary/aromatic N) is 1. The molecule has 0 aliphatic carbocycles. The maximum Gasteiger partial charge on any atom is 0.328 e. The molecule has 1 heterocycles. The molecule has 0 unspecified atom stereocenters. The van der Waals surface area contributed by atoms with E-state index >= 15 is 0 Å². The Hall–Kier alpha value is -2.24. The summed E-state index contributed by atoms with van der Waals surface area (Å²) in [7, 11) is 0. The zero-order valence-corrected chi connectivity index (χ0v) is 10.8. The molecule has 1 aliphatic rings. The maximum atomic E-state index is 11.9. The van der Waals surface area contributed by atoms with Crippen molar-refractivity contribution in [3.63, 3.8) is 0 Å². The average molecular weight is 265 g/mol. The molecule has 0 spiro atoms. The molecule has 6 heteroatoms. The number of aromatic hydroxyl groups is 1. The molecule has 1 atom stereocenters. The first-order valence-corrected chi connectivity index (χ1v) is 5.99. The van der Waals surface area contributed by atoms with E-state index in [9.17, 15) is 14.7 Å². The number of rotatable bonds is 3. The molecule has 0 bridgehead atoms. The van der Waals surface area contributed by atoms with Crippen LogP contribution in [0.2, 0.25) is 0 Å². The number of carbonyl (C=O) groups excluding carboxylic acids is 2. The fourth-order valence-electron chi connectivity index (χ4n) is 1.95. The van der Waals surface area contributed by atoms with Crippen LogP contribution in [-0.2, 0) is 14.3 Å². The first-order chi connectivity index (χ1) is 9.04. The van der Waals surface area contributed by atoms with Crippen LogP contribution in [0.1, 0.15) is 13.8 Å². The van der Waals surface area contributed by atoms with E-state index in [1.807, 2.05) is 0 Å². The van der Waals surface area contributed by atoms with Gasteiger partial charge >= 0.3 is 5.97 Å². The molecular formula is C13H15NO5. The number of ether oxygens (including phenoxy) is 2. The Balaban J connectivity index is 2.37. The summed E-state index contributed by atoms with van der Waals surface area (Å²) in [4.78, 5) is 25.0. The van der Waals surface area contributed by atoms with Crippen LogP contribution >= 0.6 is 0 Å². The van der Waals surface area contributed by atoms with Crippen molar-refractivity contribution in [2.45, 2.75) is 19.9 Å². The number of phenols is 1. The maximum absolute atomic E-state index is 11.9. The lowest BCUT2D eigenvalue weighted by Crippen LogP contribution is -2.48. The number of hydrogen-bond donors (Lipinski definition) is 1. The number of anilines is 1. The van der Waals surface area contributed by atoms with Crippen LogP contribution in [0, 0.1) is 0 Å². The van der Waals surface area contributed by atoms with Gasteiger partial charge in [-0.1, -0.05) is 0 Å². The van der Waals surface area contributed by atoms with Gasteiger partial charge in [0.1, 0.15) is 17.5 Å². The Bertz CT molecular complexity index is 514. The van der Waals surface area contributed by atoms with Gasteiger partial charge in [-0.2, -0.15) is 0 Å². The number of amides is 1. The Labute approximate surface area is 110 Å². The summed E-state index contributed by atoms with van der Waals surface area (Å²) in [6.07, 6.45) is 0. The van der Waals surface area contributed by atoms with Crippen LogP contribution in [0.15, 0.2) is 18.2 Å². The predicted molar refractivity (Wildman–Crippen MR) is 67.2 cm³/mol. The second-order valence-electron chi connectivity index (χ2n) is 4.13. The summed E-state index contributed by atoms with van der Waals surface area (Å²) in [5.74, 6) is -0.391. The zero-order chi connectivity index (χ0) is 14.0. The van der Waals surface area contributed by atoms with Gasteiger partial charge in [0.05, 0.1) is 12.3 Å². The zero-order valence-electron chi connectivity index (χ0n) is 10.8. The predicted octanol–water partition coefficient (Wildman–Crippen LogP) is 1.07. The molecular weight excluding hydrogens is 250 g/mol. The molecule has 1 N–H and O–H groups in total. The minimum absolute atomic E-state index is 0.00175. The van der Waals surface area contributed by atoms with Gasteiger partial charge in [0.25, 0.3) is 5.91 Å². The van der Waals surface area contributed by atoms with E-state index in [1.165, 1.54) is 17.0 Å². The van der Waals surface area contributed by atoms with Crippen molar-refractivity contribution < 1.29 is 24.2 Å². The van der Waals surface area contributed by atoms with Crippen LogP contribution < -0.4 is 9.64 Å². The molecule has 1 aromatic rings. The third-order valence-electron chi connectivity index (χ3n) is 2.84.